The van der Waals surface area contributed by atoms with Crippen LogP contribution in [0, 0.1) is 0 Å². The number of hydrazine groups is 1. The lowest BCUT2D eigenvalue weighted by Gasteiger charge is -2.29. The number of rotatable bonds is 6. The van der Waals surface area contributed by atoms with Gasteiger partial charge in [0.05, 0.1) is 7.11 Å². The molecule has 1 aromatic carbocycles. The summed E-state index contributed by atoms with van der Waals surface area (Å²) < 4.78 is 5.17. The van der Waals surface area contributed by atoms with Crippen LogP contribution in [0.5, 0.6) is 5.75 Å². The summed E-state index contributed by atoms with van der Waals surface area (Å²) in [4.78, 5) is 0. The Morgan fingerprint density at radius 1 is 1.37 bits per heavy atom. The summed E-state index contributed by atoms with van der Waals surface area (Å²) in [5.41, 5.74) is 4.35. The number of hydrogen-bond donors (Lipinski definition) is 2. The van der Waals surface area contributed by atoms with Crippen LogP contribution in [0.1, 0.15) is 12.0 Å². The van der Waals surface area contributed by atoms with E-state index in [0.29, 0.717) is 11.3 Å². The van der Waals surface area contributed by atoms with E-state index in [9.17, 15) is 0 Å². The van der Waals surface area contributed by atoms with Gasteiger partial charge in [0.15, 0.2) is 0 Å². The summed E-state index contributed by atoms with van der Waals surface area (Å²) in [7, 11) is 1.70. The summed E-state index contributed by atoms with van der Waals surface area (Å²) in [6.07, 6.45) is 2.14. The second-order valence-electron chi connectivity index (χ2n) is 4.64. The number of thioether (sulfide) groups is 2. The van der Waals surface area contributed by atoms with Crippen molar-refractivity contribution in [2.24, 2.45) is 5.84 Å². The standard InChI is InChI=1S/C14H22N2OS2/c1-17-12-5-2-11(3-6-12)4-7-13(16-15)14-10-18-8-9-19-14/h2-3,5-6,13-14,16H,4,7-10,15H2,1H3. The third kappa shape index (κ3) is 4.60. The van der Waals surface area contributed by atoms with Crippen LogP contribution >= 0.6 is 23.5 Å². The number of hydrogen-bond acceptors (Lipinski definition) is 5. The Bertz CT molecular complexity index is 366. The molecule has 2 rings (SSSR count). The quantitative estimate of drug-likeness (QED) is 0.623. The molecule has 1 aromatic rings. The van der Waals surface area contributed by atoms with Crippen molar-refractivity contribution in [2.75, 3.05) is 24.4 Å². The fourth-order valence-corrected chi connectivity index (χ4v) is 5.14. The van der Waals surface area contributed by atoms with Crippen LogP contribution in [-0.4, -0.2) is 35.7 Å². The molecule has 0 aromatic heterocycles. The number of ether oxygens (including phenoxy) is 1. The van der Waals surface area contributed by atoms with Gasteiger partial charge in [0.1, 0.15) is 5.75 Å². The number of aryl methyl sites for hydroxylation is 1. The van der Waals surface area contributed by atoms with Gasteiger partial charge in [-0.05, 0) is 30.5 Å². The largest absolute Gasteiger partial charge is 0.497 e. The molecule has 106 valence electrons. The molecular weight excluding hydrogens is 276 g/mol. The van der Waals surface area contributed by atoms with Crippen LogP contribution in [0.2, 0.25) is 0 Å². The molecule has 1 aliphatic rings. The second kappa shape index (κ2) is 8.04. The van der Waals surface area contributed by atoms with Crippen LogP contribution in [0.25, 0.3) is 0 Å². The lowest BCUT2D eigenvalue weighted by molar-refractivity contribution is 0.414. The van der Waals surface area contributed by atoms with E-state index in [-0.39, 0.29) is 0 Å². The highest BCUT2D eigenvalue weighted by Crippen LogP contribution is 2.28. The van der Waals surface area contributed by atoms with Gasteiger partial charge in [0.2, 0.25) is 0 Å². The lowest BCUT2D eigenvalue weighted by Crippen LogP contribution is -2.45. The maximum atomic E-state index is 5.72. The summed E-state index contributed by atoms with van der Waals surface area (Å²) in [6, 6.07) is 8.71. The summed E-state index contributed by atoms with van der Waals surface area (Å²) >= 11 is 4.09. The SMILES string of the molecule is COc1ccc(CCC(NN)C2CSCCS2)cc1. The van der Waals surface area contributed by atoms with Crippen LogP contribution < -0.4 is 16.0 Å². The van der Waals surface area contributed by atoms with Crippen molar-refractivity contribution in [3.63, 3.8) is 0 Å². The predicted octanol–water partition coefficient (Wildman–Crippen LogP) is 2.31. The fraction of sp³-hybridized carbons (Fsp3) is 0.571. The van der Waals surface area contributed by atoms with Crippen molar-refractivity contribution in [3.8, 4) is 5.75 Å². The van der Waals surface area contributed by atoms with Crippen LogP contribution in [0.4, 0.5) is 0 Å². The van der Waals surface area contributed by atoms with Gasteiger partial charge in [-0.3, -0.25) is 11.3 Å². The molecule has 2 unspecified atom stereocenters. The number of benzene rings is 1. The average Bonchev–Trinajstić information content (AvgIpc) is 2.49. The molecule has 2 atom stereocenters. The topological polar surface area (TPSA) is 47.3 Å². The molecule has 3 N–H and O–H groups in total. The molecule has 0 bridgehead atoms. The fourth-order valence-electron chi connectivity index (χ4n) is 2.23. The number of nitrogens with one attached hydrogen (secondary N) is 1. The van der Waals surface area contributed by atoms with E-state index in [1.807, 2.05) is 23.9 Å². The van der Waals surface area contributed by atoms with E-state index in [2.05, 4.69) is 29.3 Å². The van der Waals surface area contributed by atoms with Crippen LogP contribution in [0.3, 0.4) is 0 Å². The summed E-state index contributed by atoms with van der Waals surface area (Å²) in [5.74, 6) is 10.4. The van der Waals surface area contributed by atoms with Crippen molar-refractivity contribution in [1.82, 2.24) is 5.43 Å². The van der Waals surface area contributed by atoms with Gasteiger partial charge < -0.3 is 4.74 Å². The monoisotopic (exact) mass is 298 g/mol. The first-order chi connectivity index (χ1) is 9.33. The highest BCUT2D eigenvalue weighted by molar-refractivity contribution is 8.06. The Kier molecular flexibility index (Phi) is 6.37. The zero-order chi connectivity index (χ0) is 13.5. The van der Waals surface area contributed by atoms with E-state index in [0.717, 1.165) is 18.6 Å². The van der Waals surface area contributed by atoms with Gasteiger partial charge in [-0.2, -0.15) is 23.5 Å². The van der Waals surface area contributed by atoms with E-state index in [1.54, 1.807) is 7.11 Å². The van der Waals surface area contributed by atoms with Gasteiger partial charge in [0, 0.05) is 28.6 Å². The Hall–Kier alpha value is -0.360. The minimum Gasteiger partial charge on any atom is -0.497 e. The number of nitrogens with two attached hydrogens (primary N) is 1. The maximum Gasteiger partial charge on any atom is 0.118 e. The predicted molar refractivity (Wildman–Crippen MR) is 86.0 cm³/mol. The molecule has 1 saturated heterocycles. The third-order valence-corrected chi connectivity index (χ3v) is 6.33. The smallest absolute Gasteiger partial charge is 0.118 e. The van der Waals surface area contributed by atoms with Gasteiger partial charge in [0.25, 0.3) is 0 Å². The Balaban J connectivity index is 1.84. The molecule has 1 heterocycles. The molecular formula is C14H22N2OS2. The Morgan fingerprint density at radius 2 is 2.16 bits per heavy atom. The number of methoxy groups -OCH3 is 1. The Morgan fingerprint density at radius 3 is 2.74 bits per heavy atom. The first-order valence-electron chi connectivity index (χ1n) is 6.62. The summed E-state index contributed by atoms with van der Waals surface area (Å²) in [5, 5.41) is 0.641. The molecule has 0 aliphatic carbocycles. The highest BCUT2D eigenvalue weighted by atomic mass is 32.2. The molecule has 0 amide bonds. The molecule has 1 fully saturated rings. The van der Waals surface area contributed by atoms with E-state index < -0.39 is 0 Å². The van der Waals surface area contributed by atoms with Gasteiger partial charge in [-0.1, -0.05) is 12.1 Å². The molecule has 5 heteroatoms. The minimum absolute atomic E-state index is 0.403. The van der Waals surface area contributed by atoms with Crippen LogP contribution in [-0.2, 0) is 6.42 Å². The third-order valence-electron chi connectivity index (χ3n) is 3.41. The normalized spacial score (nSPS) is 21.1. The second-order valence-corrected chi connectivity index (χ2v) is 7.14. The zero-order valence-corrected chi connectivity index (χ0v) is 12.9. The molecule has 19 heavy (non-hydrogen) atoms. The first-order valence-corrected chi connectivity index (χ1v) is 8.82. The zero-order valence-electron chi connectivity index (χ0n) is 11.3. The van der Waals surface area contributed by atoms with Crippen molar-refractivity contribution < 1.29 is 4.74 Å². The summed E-state index contributed by atoms with van der Waals surface area (Å²) in [6.45, 7) is 0. The molecule has 3 nitrogen and oxygen atoms in total. The molecule has 0 radical (unpaired) electrons. The average molecular weight is 298 g/mol. The van der Waals surface area contributed by atoms with Gasteiger partial charge in [-0.25, -0.2) is 0 Å². The van der Waals surface area contributed by atoms with Crippen molar-refractivity contribution in [2.45, 2.75) is 24.1 Å². The van der Waals surface area contributed by atoms with Crippen molar-refractivity contribution in [1.29, 1.82) is 0 Å². The first kappa shape index (κ1) is 15.0. The van der Waals surface area contributed by atoms with E-state index in [1.165, 1.54) is 22.8 Å². The minimum atomic E-state index is 0.403. The lowest BCUT2D eigenvalue weighted by atomic mass is 10.0. The van der Waals surface area contributed by atoms with E-state index >= 15 is 0 Å². The highest BCUT2D eigenvalue weighted by Gasteiger charge is 2.23. The van der Waals surface area contributed by atoms with E-state index in [4.69, 9.17) is 10.6 Å². The maximum absolute atomic E-state index is 5.72. The van der Waals surface area contributed by atoms with Gasteiger partial charge >= 0.3 is 0 Å². The van der Waals surface area contributed by atoms with Crippen molar-refractivity contribution in [3.05, 3.63) is 29.8 Å². The molecule has 1 aliphatic heterocycles. The molecule has 0 saturated carbocycles. The Labute approximate surface area is 124 Å². The van der Waals surface area contributed by atoms with Crippen molar-refractivity contribution >= 4 is 23.5 Å². The molecule has 0 spiro atoms. The van der Waals surface area contributed by atoms with Crippen LogP contribution in [0.15, 0.2) is 24.3 Å². The van der Waals surface area contributed by atoms with Gasteiger partial charge in [-0.15, -0.1) is 0 Å².